The van der Waals surface area contributed by atoms with Crippen molar-refractivity contribution in [3.05, 3.63) is 57.6 Å². The first kappa shape index (κ1) is 17.1. The fraction of sp³-hybridized carbons (Fsp3) is 0.250. The first-order chi connectivity index (χ1) is 10.2. The third kappa shape index (κ3) is 3.57. The molecule has 0 unspecified atom stereocenters. The smallest absolute Gasteiger partial charge is 0.262 e. The Morgan fingerprint density at radius 3 is 2.27 bits per heavy atom. The highest BCUT2D eigenvalue weighted by Crippen LogP contribution is 2.31. The molecule has 0 heterocycles. The molecule has 0 saturated heterocycles. The standard InChI is InChI=1S/C16H17Cl2NO2S/c1-10(2)12-6-4-5-7-15(12)19-22(20,21)16-9-14(18)13(17)8-11(16)3/h4-10,19H,1-3H3. The quantitative estimate of drug-likeness (QED) is 0.814. The van der Waals surface area contributed by atoms with Crippen molar-refractivity contribution in [2.75, 3.05) is 4.72 Å². The van der Waals surface area contributed by atoms with Gasteiger partial charge in [0.05, 0.1) is 20.6 Å². The summed E-state index contributed by atoms with van der Waals surface area (Å²) in [5, 5.41) is 0.547. The number of halogens is 2. The third-order valence-electron chi connectivity index (χ3n) is 3.33. The summed E-state index contributed by atoms with van der Waals surface area (Å²) in [4.78, 5) is 0.125. The molecule has 6 heteroatoms. The number of rotatable bonds is 4. The van der Waals surface area contributed by atoms with Crippen molar-refractivity contribution in [1.82, 2.24) is 0 Å². The molecule has 0 radical (unpaired) electrons. The van der Waals surface area contributed by atoms with E-state index in [1.54, 1.807) is 25.1 Å². The number of benzene rings is 2. The van der Waals surface area contributed by atoms with Crippen molar-refractivity contribution in [2.45, 2.75) is 31.6 Å². The SMILES string of the molecule is Cc1cc(Cl)c(Cl)cc1S(=O)(=O)Nc1ccccc1C(C)C. The molecular formula is C16H17Cl2NO2S. The van der Waals surface area contributed by atoms with E-state index in [0.29, 0.717) is 16.3 Å². The van der Waals surface area contributed by atoms with Gasteiger partial charge in [0.1, 0.15) is 0 Å². The van der Waals surface area contributed by atoms with Crippen LogP contribution in [0.25, 0.3) is 0 Å². The van der Waals surface area contributed by atoms with Gasteiger partial charge in [0.2, 0.25) is 0 Å². The van der Waals surface area contributed by atoms with Crippen molar-refractivity contribution in [3.8, 4) is 0 Å². The Kier molecular flexibility index (Phi) is 5.05. The van der Waals surface area contributed by atoms with Gasteiger partial charge in [-0.3, -0.25) is 4.72 Å². The van der Waals surface area contributed by atoms with Crippen LogP contribution in [0.15, 0.2) is 41.3 Å². The lowest BCUT2D eigenvalue weighted by atomic mass is 10.0. The van der Waals surface area contributed by atoms with Gasteiger partial charge < -0.3 is 0 Å². The monoisotopic (exact) mass is 357 g/mol. The molecule has 0 aromatic heterocycles. The van der Waals surface area contributed by atoms with E-state index in [0.717, 1.165) is 5.56 Å². The summed E-state index contributed by atoms with van der Waals surface area (Å²) in [5.41, 5.74) is 2.05. The molecule has 2 aromatic carbocycles. The van der Waals surface area contributed by atoms with E-state index >= 15 is 0 Å². The summed E-state index contributed by atoms with van der Waals surface area (Å²) < 4.78 is 27.9. The zero-order valence-corrected chi connectivity index (χ0v) is 14.9. The number of aryl methyl sites for hydroxylation is 1. The first-order valence-corrected chi connectivity index (χ1v) is 9.03. The van der Waals surface area contributed by atoms with Crippen LogP contribution < -0.4 is 4.72 Å². The molecule has 0 fully saturated rings. The van der Waals surface area contributed by atoms with Gasteiger partial charge >= 0.3 is 0 Å². The highest BCUT2D eigenvalue weighted by molar-refractivity contribution is 7.92. The van der Waals surface area contributed by atoms with Crippen molar-refractivity contribution >= 4 is 38.9 Å². The van der Waals surface area contributed by atoms with E-state index in [4.69, 9.17) is 23.2 Å². The average molecular weight is 358 g/mol. The molecular weight excluding hydrogens is 341 g/mol. The third-order valence-corrected chi connectivity index (χ3v) is 5.56. The Bertz CT molecular complexity index is 802. The van der Waals surface area contributed by atoms with E-state index in [1.807, 2.05) is 26.0 Å². The molecule has 0 aliphatic heterocycles. The number of nitrogens with one attached hydrogen (secondary N) is 1. The Balaban J connectivity index is 2.47. The van der Waals surface area contributed by atoms with E-state index in [2.05, 4.69) is 4.72 Å². The van der Waals surface area contributed by atoms with Crippen molar-refractivity contribution in [3.63, 3.8) is 0 Å². The minimum Gasteiger partial charge on any atom is -0.279 e. The van der Waals surface area contributed by atoms with Crippen LogP contribution in [-0.2, 0) is 10.0 Å². The predicted molar refractivity (Wildman–Crippen MR) is 92.5 cm³/mol. The molecule has 0 atom stereocenters. The van der Waals surface area contributed by atoms with Gasteiger partial charge in [-0.05, 0) is 42.2 Å². The lowest BCUT2D eigenvalue weighted by Crippen LogP contribution is -2.15. The Morgan fingerprint density at radius 1 is 1.05 bits per heavy atom. The first-order valence-electron chi connectivity index (χ1n) is 6.79. The second kappa shape index (κ2) is 6.49. The molecule has 0 aliphatic carbocycles. The number of sulfonamides is 1. The van der Waals surface area contributed by atoms with Crippen LogP contribution in [0.1, 0.15) is 30.9 Å². The van der Waals surface area contributed by atoms with Gasteiger partial charge in [-0.15, -0.1) is 0 Å². The predicted octanol–water partition coefficient (Wildman–Crippen LogP) is 5.23. The summed E-state index contributed by atoms with van der Waals surface area (Å²) in [6, 6.07) is 10.3. The van der Waals surface area contributed by atoms with Crippen molar-refractivity contribution in [1.29, 1.82) is 0 Å². The van der Waals surface area contributed by atoms with Crippen LogP contribution in [-0.4, -0.2) is 8.42 Å². The highest BCUT2D eigenvalue weighted by Gasteiger charge is 2.20. The van der Waals surface area contributed by atoms with E-state index in [-0.39, 0.29) is 15.8 Å². The topological polar surface area (TPSA) is 46.2 Å². The second-order valence-electron chi connectivity index (χ2n) is 5.38. The van der Waals surface area contributed by atoms with Crippen LogP contribution in [0.2, 0.25) is 10.0 Å². The van der Waals surface area contributed by atoms with Crippen molar-refractivity contribution < 1.29 is 8.42 Å². The second-order valence-corrected chi connectivity index (χ2v) is 7.84. The van der Waals surface area contributed by atoms with Crippen LogP contribution in [0, 0.1) is 6.92 Å². The summed E-state index contributed by atoms with van der Waals surface area (Å²) >= 11 is 11.9. The van der Waals surface area contributed by atoms with E-state index < -0.39 is 10.0 Å². The Morgan fingerprint density at radius 2 is 1.64 bits per heavy atom. The number of anilines is 1. The molecule has 2 rings (SSSR count). The van der Waals surface area contributed by atoms with Gasteiger partial charge in [0.15, 0.2) is 0 Å². The molecule has 22 heavy (non-hydrogen) atoms. The van der Waals surface area contributed by atoms with Gasteiger partial charge in [-0.2, -0.15) is 0 Å². The minimum atomic E-state index is -3.73. The van der Waals surface area contributed by atoms with Gasteiger partial charge in [-0.25, -0.2) is 8.42 Å². The maximum Gasteiger partial charge on any atom is 0.262 e. The normalized spacial score (nSPS) is 11.7. The van der Waals surface area contributed by atoms with Crippen molar-refractivity contribution in [2.24, 2.45) is 0 Å². The molecule has 118 valence electrons. The highest BCUT2D eigenvalue weighted by atomic mass is 35.5. The fourth-order valence-electron chi connectivity index (χ4n) is 2.21. The fourth-order valence-corrected chi connectivity index (χ4v) is 4.00. The number of hydrogen-bond acceptors (Lipinski definition) is 2. The maximum atomic E-state index is 12.6. The summed E-state index contributed by atoms with van der Waals surface area (Å²) in [5.74, 6) is 0.203. The van der Waals surface area contributed by atoms with E-state index in [1.165, 1.54) is 6.07 Å². The lowest BCUT2D eigenvalue weighted by Gasteiger charge is -2.16. The van der Waals surface area contributed by atoms with Crippen LogP contribution in [0.3, 0.4) is 0 Å². The Hall–Kier alpha value is -1.23. The van der Waals surface area contributed by atoms with E-state index in [9.17, 15) is 8.42 Å². The van der Waals surface area contributed by atoms with Crippen LogP contribution in [0.4, 0.5) is 5.69 Å². The molecule has 0 aliphatic rings. The maximum absolute atomic E-state index is 12.6. The summed E-state index contributed by atoms with van der Waals surface area (Å²) in [6.45, 7) is 5.71. The number of hydrogen-bond donors (Lipinski definition) is 1. The molecule has 1 N–H and O–H groups in total. The minimum absolute atomic E-state index is 0.125. The molecule has 2 aromatic rings. The zero-order valence-electron chi connectivity index (χ0n) is 12.5. The van der Waals surface area contributed by atoms with Gasteiger partial charge in [0.25, 0.3) is 10.0 Å². The van der Waals surface area contributed by atoms with Gasteiger partial charge in [-0.1, -0.05) is 55.2 Å². The number of para-hydroxylation sites is 1. The Labute approximate surface area is 141 Å². The largest absolute Gasteiger partial charge is 0.279 e. The molecule has 0 saturated carbocycles. The molecule has 0 bridgehead atoms. The molecule has 3 nitrogen and oxygen atoms in total. The summed E-state index contributed by atoms with van der Waals surface area (Å²) in [6.07, 6.45) is 0. The summed E-state index contributed by atoms with van der Waals surface area (Å²) in [7, 11) is -3.73. The van der Waals surface area contributed by atoms with Crippen LogP contribution in [0.5, 0.6) is 0 Å². The molecule has 0 spiro atoms. The molecule has 0 amide bonds. The average Bonchev–Trinajstić information content (AvgIpc) is 2.42. The zero-order chi connectivity index (χ0) is 16.5. The lowest BCUT2D eigenvalue weighted by molar-refractivity contribution is 0.600. The van der Waals surface area contributed by atoms with Crippen LogP contribution >= 0.6 is 23.2 Å². The van der Waals surface area contributed by atoms with Gasteiger partial charge in [0, 0.05) is 0 Å².